The average molecular weight is 409 g/mol. The van der Waals surface area contributed by atoms with Gasteiger partial charge in [-0.1, -0.05) is 49.4 Å². The van der Waals surface area contributed by atoms with Crippen LogP contribution in [0.25, 0.3) is 33.2 Å². The zero-order valence-corrected chi connectivity index (χ0v) is 17.9. The molecule has 0 aliphatic rings. The first-order valence-electron chi connectivity index (χ1n) is 10.5. The molecule has 3 heterocycles. The first kappa shape index (κ1) is 19.2. The largest absolute Gasteiger partial charge is 0.383 e. The van der Waals surface area contributed by atoms with Crippen molar-refractivity contribution in [1.82, 2.24) is 24.7 Å². The van der Waals surface area contributed by atoms with Crippen LogP contribution in [0.4, 0.5) is 5.82 Å². The van der Waals surface area contributed by atoms with E-state index in [9.17, 15) is 0 Å². The number of benzene rings is 2. The maximum atomic E-state index is 6.15. The summed E-state index contributed by atoms with van der Waals surface area (Å²) in [5.41, 5.74) is 14.4. The van der Waals surface area contributed by atoms with E-state index in [1.807, 2.05) is 4.68 Å². The van der Waals surface area contributed by atoms with Gasteiger partial charge in [0.05, 0.1) is 28.8 Å². The number of hydrogen-bond donors (Lipinski definition) is 1. The second kappa shape index (κ2) is 7.47. The Morgan fingerprint density at radius 1 is 0.968 bits per heavy atom. The molecule has 0 radical (unpaired) electrons. The summed E-state index contributed by atoms with van der Waals surface area (Å²) in [6.45, 7) is 6.84. The van der Waals surface area contributed by atoms with Gasteiger partial charge in [-0.25, -0.2) is 19.6 Å². The minimum atomic E-state index is 0.472. The number of rotatable bonds is 4. The normalized spacial score (nSPS) is 11.5. The summed E-state index contributed by atoms with van der Waals surface area (Å²) >= 11 is 0. The predicted octanol–water partition coefficient (Wildman–Crippen LogP) is 4.85. The molecule has 0 amide bonds. The monoisotopic (exact) mass is 408 g/mol. The van der Waals surface area contributed by atoms with Crippen LogP contribution in [-0.4, -0.2) is 24.7 Å². The molecule has 5 aromatic rings. The van der Waals surface area contributed by atoms with Crippen LogP contribution >= 0.6 is 0 Å². The van der Waals surface area contributed by atoms with Crippen molar-refractivity contribution >= 4 is 27.8 Å². The molecule has 154 valence electrons. The molecule has 2 aromatic carbocycles. The lowest BCUT2D eigenvalue weighted by atomic mass is 9.98. The van der Waals surface area contributed by atoms with E-state index in [0.717, 1.165) is 56.4 Å². The summed E-state index contributed by atoms with van der Waals surface area (Å²) in [7, 11) is 0. The fourth-order valence-corrected chi connectivity index (χ4v) is 4.21. The highest BCUT2D eigenvalue weighted by Gasteiger charge is 2.18. The zero-order chi connectivity index (χ0) is 21.5. The van der Waals surface area contributed by atoms with Crippen molar-refractivity contribution in [2.75, 3.05) is 5.73 Å². The predicted molar refractivity (Wildman–Crippen MR) is 125 cm³/mol. The molecule has 0 saturated carbocycles. The van der Waals surface area contributed by atoms with Gasteiger partial charge >= 0.3 is 0 Å². The second-order valence-electron chi connectivity index (χ2n) is 7.87. The molecule has 6 nitrogen and oxygen atoms in total. The van der Waals surface area contributed by atoms with Crippen LogP contribution in [0.3, 0.4) is 0 Å². The van der Waals surface area contributed by atoms with Crippen LogP contribution in [0.1, 0.15) is 29.3 Å². The van der Waals surface area contributed by atoms with Crippen LogP contribution < -0.4 is 5.73 Å². The number of nitrogens with zero attached hydrogens (tertiary/aromatic N) is 5. The molecule has 3 aromatic heterocycles. The maximum Gasteiger partial charge on any atom is 0.163 e. The van der Waals surface area contributed by atoms with Crippen molar-refractivity contribution in [2.24, 2.45) is 0 Å². The SMILES string of the molecule is CCc1nn(Cc2cc3cccc(C)c3nc2-c2ccccc2C)c2ncnc(N)c12. The van der Waals surface area contributed by atoms with Gasteiger partial charge in [-0.05, 0) is 37.5 Å². The quantitative estimate of drug-likeness (QED) is 0.460. The number of aromatic nitrogens is 5. The third kappa shape index (κ3) is 3.20. The fourth-order valence-electron chi connectivity index (χ4n) is 4.21. The second-order valence-corrected chi connectivity index (χ2v) is 7.87. The van der Waals surface area contributed by atoms with Gasteiger partial charge in [0.25, 0.3) is 0 Å². The first-order valence-corrected chi connectivity index (χ1v) is 10.5. The molecule has 0 aliphatic carbocycles. The van der Waals surface area contributed by atoms with E-state index in [1.165, 1.54) is 11.9 Å². The molecule has 0 aliphatic heterocycles. The summed E-state index contributed by atoms with van der Waals surface area (Å²) < 4.78 is 1.92. The smallest absolute Gasteiger partial charge is 0.163 e. The van der Waals surface area contributed by atoms with E-state index in [1.54, 1.807) is 0 Å². The van der Waals surface area contributed by atoms with Gasteiger partial charge in [-0.3, -0.25) is 0 Å². The van der Waals surface area contributed by atoms with Crippen molar-refractivity contribution in [1.29, 1.82) is 0 Å². The summed E-state index contributed by atoms with van der Waals surface area (Å²) in [5.74, 6) is 0.472. The molecule has 0 unspecified atom stereocenters. The van der Waals surface area contributed by atoms with E-state index >= 15 is 0 Å². The fraction of sp³-hybridized carbons (Fsp3) is 0.200. The van der Waals surface area contributed by atoms with Gasteiger partial charge in [0, 0.05) is 16.5 Å². The van der Waals surface area contributed by atoms with Crippen LogP contribution in [0, 0.1) is 13.8 Å². The summed E-state index contributed by atoms with van der Waals surface area (Å²) in [6.07, 6.45) is 2.26. The number of nitrogens with two attached hydrogens (primary N) is 1. The Kier molecular flexibility index (Phi) is 4.62. The molecular weight excluding hydrogens is 384 g/mol. The van der Waals surface area contributed by atoms with E-state index in [2.05, 4.69) is 79.3 Å². The van der Waals surface area contributed by atoms with E-state index in [4.69, 9.17) is 15.8 Å². The van der Waals surface area contributed by atoms with Gasteiger partial charge in [-0.15, -0.1) is 0 Å². The summed E-state index contributed by atoms with van der Waals surface area (Å²) in [4.78, 5) is 13.8. The Balaban J connectivity index is 1.75. The Hall–Kier alpha value is -3.80. The van der Waals surface area contributed by atoms with Gasteiger partial charge in [0.2, 0.25) is 0 Å². The minimum absolute atomic E-state index is 0.472. The highest BCUT2D eigenvalue weighted by Crippen LogP contribution is 2.31. The third-order valence-electron chi connectivity index (χ3n) is 5.81. The number of nitrogen functional groups attached to an aromatic ring is 1. The molecule has 5 rings (SSSR count). The van der Waals surface area contributed by atoms with E-state index < -0.39 is 0 Å². The Morgan fingerprint density at radius 3 is 2.58 bits per heavy atom. The molecule has 31 heavy (non-hydrogen) atoms. The van der Waals surface area contributed by atoms with Crippen LogP contribution in [0.5, 0.6) is 0 Å². The van der Waals surface area contributed by atoms with Gasteiger partial charge in [0.15, 0.2) is 5.65 Å². The van der Waals surface area contributed by atoms with Crippen molar-refractivity contribution in [3.63, 3.8) is 0 Å². The third-order valence-corrected chi connectivity index (χ3v) is 5.81. The van der Waals surface area contributed by atoms with E-state index in [0.29, 0.717) is 12.4 Å². The molecule has 0 fully saturated rings. The lowest BCUT2D eigenvalue weighted by molar-refractivity contribution is 0.688. The minimum Gasteiger partial charge on any atom is -0.383 e. The standard InChI is InChI=1S/C25H24N6/c1-4-20-21-24(26)27-14-28-25(21)31(30-20)13-18-12-17-10-7-9-16(3)22(17)29-23(18)19-11-6-5-8-15(19)2/h5-12,14H,4,13H2,1-3H3,(H2,26,27,28). The van der Waals surface area contributed by atoms with Crippen LogP contribution in [-0.2, 0) is 13.0 Å². The van der Waals surface area contributed by atoms with Gasteiger partial charge in [-0.2, -0.15) is 5.10 Å². The Labute approximate surface area is 180 Å². The van der Waals surface area contributed by atoms with Crippen molar-refractivity contribution in [3.8, 4) is 11.3 Å². The van der Waals surface area contributed by atoms with Crippen molar-refractivity contribution in [3.05, 3.63) is 77.2 Å². The molecule has 0 spiro atoms. The van der Waals surface area contributed by atoms with Crippen molar-refractivity contribution < 1.29 is 0 Å². The molecule has 0 atom stereocenters. The molecular formula is C25H24N6. The molecule has 6 heteroatoms. The lowest BCUT2D eigenvalue weighted by Gasteiger charge is -2.14. The lowest BCUT2D eigenvalue weighted by Crippen LogP contribution is -2.07. The van der Waals surface area contributed by atoms with Gasteiger partial charge < -0.3 is 5.73 Å². The Bertz CT molecular complexity index is 1430. The van der Waals surface area contributed by atoms with Gasteiger partial charge in [0.1, 0.15) is 12.1 Å². The van der Waals surface area contributed by atoms with E-state index in [-0.39, 0.29) is 0 Å². The Morgan fingerprint density at radius 2 is 1.77 bits per heavy atom. The molecule has 2 N–H and O–H groups in total. The highest BCUT2D eigenvalue weighted by molar-refractivity contribution is 5.89. The zero-order valence-electron chi connectivity index (χ0n) is 17.9. The topological polar surface area (TPSA) is 82.5 Å². The van der Waals surface area contributed by atoms with Crippen LogP contribution in [0.15, 0.2) is 54.9 Å². The number of para-hydroxylation sites is 1. The number of hydrogen-bond acceptors (Lipinski definition) is 5. The average Bonchev–Trinajstić information content (AvgIpc) is 3.13. The molecule has 0 bridgehead atoms. The number of aryl methyl sites for hydroxylation is 3. The number of fused-ring (bicyclic) bond motifs is 2. The highest BCUT2D eigenvalue weighted by atomic mass is 15.3. The number of anilines is 1. The molecule has 0 saturated heterocycles. The first-order chi connectivity index (χ1) is 15.1. The maximum absolute atomic E-state index is 6.15. The summed E-state index contributed by atoms with van der Waals surface area (Å²) in [6, 6.07) is 16.9. The van der Waals surface area contributed by atoms with Crippen molar-refractivity contribution in [2.45, 2.75) is 33.7 Å². The number of pyridine rings is 1. The summed E-state index contributed by atoms with van der Waals surface area (Å²) in [5, 5.41) is 6.78. The van der Waals surface area contributed by atoms with Crippen LogP contribution in [0.2, 0.25) is 0 Å².